The van der Waals surface area contributed by atoms with Crippen LogP contribution in [0.5, 0.6) is 0 Å². The molecule has 0 bridgehead atoms. The summed E-state index contributed by atoms with van der Waals surface area (Å²) >= 11 is 0. The number of aryl methyl sites for hydroxylation is 1. The molecular formula is C11H18BN3O2. The van der Waals surface area contributed by atoms with Gasteiger partial charge in [0.05, 0.1) is 11.2 Å². The molecule has 5 nitrogen and oxygen atoms in total. The fourth-order valence-corrected chi connectivity index (χ4v) is 1.65. The van der Waals surface area contributed by atoms with Crippen LogP contribution in [0.15, 0.2) is 6.20 Å². The largest absolute Gasteiger partial charge is 0.500 e. The van der Waals surface area contributed by atoms with Gasteiger partial charge in [-0.1, -0.05) is 0 Å². The summed E-state index contributed by atoms with van der Waals surface area (Å²) in [5, 5.41) is 0. The molecule has 0 aliphatic carbocycles. The number of hydrogen-bond acceptors (Lipinski definition) is 5. The molecule has 1 aromatic rings. The maximum Gasteiger partial charge on any atom is 0.500 e. The number of rotatable bonds is 1. The minimum absolute atomic E-state index is 0.380. The third-order valence-electron chi connectivity index (χ3n) is 3.48. The molecule has 2 N–H and O–H groups in total. The van der Waals surface area contributed by atoms with Gasteiger partial charge in [0.25, 0.3) is 0 Å². The SMILES string of the molecule is Cc1ncc(B2OC(C)(C)C(C)(C)O2)c(N)n1. The number of nitrogens with zero attached hydrogens (tertiary/aromatic N) is 2. The summed E-state index contributed by atoms with van der Waals surface area (Å²) in [6.07, 6.45) is 1.67. The van der Waals surface area contributed by atoms with Gasteiger partial charge in [0.1, 0.15) is 11.6 Å². The van der Waals surface area contributed by atoms with Gasteiger partial charge in [-0.3, -0.25) is 0 Å². The summed E-state index contributed by atoms with van der Waals surface area (Å²) in [6, 6.07) is 0. The Morgan fingerprint density at radius 1 is 1.18 bits per heavy atom. The van der Waals surface area contributed by atoms with Crippen LogP contribution in [0.1, 0.15) is 33.5 Å². The van der Waals surface area contributed by atoms with Crippen LogP contribution in [0.3, 0.4) is 0 Å². The zero-order valence-corrected chi connectivity index (χ0v) is 10.9. The smallest absolute Gasteiger partial charge is 0.399 e. The molecule has 0 radical (unpaired) electrons. The van der Waals surface area contributed by atoms with Crippen molar-refractivity contribution in [2.45, 2.75) is 45.8 Å². The second kappa shape index (κ2) is 3.68. The molecule has 6 heteroatoms. The molecule has 0 saturated carbocycles. The van der Waals surface area contributed by atoms with Crippen molar-refractivity contribution in [1.82, 2.24) is 9.97 Å². The molecule has 0 aromatic carbocycles. The Labute approximate surface area is 102 Å². The fraction of sp³-hybridized carbons (Fsp3) is 0.636. The van der Waals surface area contributed by atoms with Gasteiger partial charge in [0, 0.05) is 11.7 Å². The summed E-state index contributed by atoms with van der Waals surface area (Å²) in [5.74, 6) is 1.05. The minimum atomic E-state index is -0.499. The van der Waals surface area contributed by atoms with Crippen molar-refractivity contribution in [3.63, 3.8) is 0 Å². The van der Waals surface area contributed by atoms with E-state index in [0.29, 0.717) is 17.1 Å². The molecule has 2 rings (SSSR count). The van der Waals surface area contributed by atoms with E-state index >= 15 is 0 Å². The number of aromatic nitrogens is 2. The summed E-state index contributed by atoms with van der Waals surface area (Å²) in [4.78, 5) is 8.25. The van der Waals surface area contributed by atoms with Gasteiger partial charge in [0.15, 0.2) is 0 Å². The van der Waals surface area contributed by atoms with Crippen LogP contribution in [-0.2, 0) is 9.31 Å². The van der Waals surface area contributed by atoms with Crippen molar-refractivity contribution in [2.75, 3.05) is 5.73 Å². The highest BCUT2D eigenvalue weighted by Crippen LogP contribution is 2.36. The summed E-state index contributed by atoms with van der Waals surface area (Å²) in [7, 11) is -0.499. The zero-order valence-electron chi connectivity index (χ0n) is 10.9. The lowest BCUT2D eigenvalue weighted by Gasteiger charge is -2.32. The summed E-state index contributed by atoms with van der Waals surface area (Å²) in [6.45, 7) is 9.79. The Bertz CT molecular complexity index is 432. The monoisotopic (exact) mass is 235 g/mol. The molecule has 92 valence electrons. The van der Waals surface area contributed by atoms with Crippen molar-refractivity contribution >= 4 is 18.4 Å². The standard InChI is InChI=1S/C11H18BN3O2/c1-7-14-6-8(9(13)15-7)12-16-10(2,3)11(4,5)17-12/h6H,1-5H3,(H2,13,14,15). The van der Waals surface area contributed by atoms with E-state index in [9.17, 15) is 0 Å². The molecule has 0 amide bonds. The highest BCUT2D eigenvalue weighted by atomic mass is 16.7. The maximum atomic E-state index is 5.89. The first-order valence-corrected chi connectivity index (χ1v) is 5.67. The molecule has 1 aromatic heterocycles. The minimum Gasteiger partial charge on any atom is -0.399 e. The van der Waals surface area contributed by atoms with Gasteiger partial charge in [-0.05, 0) is 34.6 Å². The van der Waals surface area contributed by atoms with Crippen LogP contribution in [-0.4, -0.2) is 28.3 Å². The number of anilines is 1. The fourth-order valence-electron chi connectivity index (χ4n) is 1.65. The van der Waals surface area contributed by atoms with E-state index in [1.165, 1.54) is 0 Å². The Balaban J connectivity index is 2.32. The summed E-state index contributed by atoms with van der Waals surface area (Å²) in [5.41, 5.74) is 5.80. The predicted octanol–water partition coefficient (Wildman–Crippen LogP) is 0.666. The van der Waals surface area contributed by atoms with Crippen LogP contribution >= 0.6 is 0 Å². The van der Waals surface area contributed by atoms with Crippen molar-refractivity contribution in [2.24, 2.45) is 0 Å². The average Bonchev–Trinajstić information content (AvgIpc) is 2.35. The molecule has 1 aliphatic rings. The van der Waals surface area contributed by atoms with Crippen LogP contribution in [0.4, 0.5) is 5.82 Å². The first kappa shape index (κ1) is 12.3. The lowest BCUT2D eigenvalue weighted by atomic mass is 9.80. The molecule has 17 heavy (non-hydrogen) atoms. The molecular weight excluding hydrogens is 217 g/mol. The average molecular weight is 235 g/mol. The normalized spacial score (nSPS) is 21.8. The van der Waals surface area contributed by atoms with Crippen molar-refractivity contribution in [3.05, 3.63) is 12.0 Å². The first-order valence-electron chi connectivity index (χ1n) is 5.67. The van der Waals surface area contributed by atoms with Gasteiger partial charge in [0.2, 0.25) is 0 Å². The van der Waals surface area contributed by atoms with E-state index < -0.39 is 7.12 Å². The van der Waals surface area contributed by atoms with Gasteiger partial charge < -0.3 is 15.0 Å². The molecule has 0 unspecified atom stereocenters. The Kier molecular flexibility index (Phi) is 2.67. The van der Waals surface area contributed by atoms with E-state index in [2.05, 4.69) is 9.97 Å². The van der Waals surface area contributed by atoms with Crippen LogP contribution in [0.2, 0.25) is 0 Å². The zero-order chi connectivity index (χ0) is 12.8. The van der Waals surface area contributed by atoms with E-state index in [1.54, 1.807) is 13.1 Å². The van der Waals surface area contributed by atoms with Gasteiger partial charge in [-0.15, -0.1) is 0 Å². The highest BCUT2D eigenvalue weighted by molar-refractivity contribution is 6.63. The maximum absolute atomic E-state index is 5.89. The predicted molar refractivity (Wildman–Crippen MR) is 66.9 cm³/mol. The quantitative estimate of drug-likeness (QED) is 0.724. The Morgan fingerprint density at radius 2 is 1.71 bits per heavy atom. The molecule has 1 fully saturated rings. The molecule has 0 spiro atoms. The van der Waals surface area contributed by atoms with Crippen molar-refractivity contribution < 1.29 is 9.31 Å². The van der Waals surface area contributed by atoms with Gasteiger partial charge in [-0.2, -0.15) is 0 Å². The summed E-state index contributed by atoms with van der Waals surface area (Å²) < 4.78 is 11.8. The van der Waals surface area contributed by atoms with Gasteiger partial charge in [-0.25, -0.2) is 9.97 Å². The second-order valence-corrected chi connectivity index (χ2v) is 5.35. The van der Waals surface area contributed by atoms with Crippen LogP contribution in [0, 0.1) is 6.92 Å². The van der Waals surface area contributed by atoms with E-state index in [1.807, 2.05) is 27.7 Å². The van der Waals surface area contributed by atoms with Crippen LogP contribution in [0.25, 0.3) is 0 Å². The van der Waals surface area contributed by atoms with Gasteiger partial charge >= 0.3 is 7.12 Å². The lowest BCUT2D eigenvalue weighted by molar-refractivity contribution is 0.00578. The third-order valence-corrected chi connectivity index (χ3v) is 3.48. The molecule has 1 saturated heterocycles. The lowest BCUT2D eigenvalue weighted by Crippen LogP contribution is -2.41. The molecule has 2 heterocycles. The molecule has 1 aliphatic heterocycles. The van der Waals surface area contributed by atoms with E-state index in [4.69, 9.17) is 15.0 Å². The number of nitrogens with two attached hydrogens (primary N) is 1. The van der Waals surface area contributed by atoms with E-state index in [-0.39, 0.29) is 11.2 Å². The highest BCUT2D eigenvalue weighted by Gasteiger charge is 2.52. The Hall–Kier alpha value is -1.14. The van der Waals surface area contributed by atoms with E-state index in [0.717, 1.165) is 0 Å². The number of hydrogen-bond donors (Lipinski definition) is 1. The topological polar surface area (TPSA) is 70.3 Å². The first-order chi connectivity index (χ1) is 7.73. The van der Waals surface area contributed by atoms with Crippen molar-refractivity contribution in [1.29, 1.82) is 0 Å². The third kappa shape index (κ3) is 2.02. The molecule has 0 atom stereocenters. The van der Waals surface area contributed by atoms with Crippen molar-refractivity contribution in [3.8, 4) is 0 Å². The second-order valence-electron chi connectivity index (χ2n) is 5.35. The Morgan fingerprint density at radius 3 is 2.18 bits per heavy atom. The van der Waals surface area contributed by atoms with Crippen LogP contribution < -0.4 is 11.2 Å². The number of nitrogen functional groups attached to an aromatic ring is 1.